The summed E-state index contributed by atoms with van der Waals surface area (Å²) in [6.45, 7) is 5.84. The van der Waals surface area contributed by atoms with Crippen molar-refractivity contribution < 1.29 is 9.53 Å². The van der Waals surface area contributed by atoms with Gasteiger partial charge in [0.2, 0.25) is 0 Å². The molecule has 1 fully saturated rings. The van der Waals surface area contributed by atoms with Crippen LogP contribution in [0.5, 0.6) is 0 Å². The van der Waals surface area contributed by atoms with Crippen molar-refractivity contribution in [1.29, 1.82) is 0 Å². The Morgan fingerprint density at radius 2 is 2.19 bits per heavy atom. The van der Waals surface area contributed by atoms with Gasteiger partial charge in [-0.15, -0.1) is 0 Å². The number of carbonyl (C=O) groups is 1. The van der Waals surface area contributed by atoms with E-state index in [2.05, 4.69) is 0 Å². The van der Waals surface area contributed by atoms with E-state index in [0.717, 1.165) is 30.7 Å². The lowest BCUT2D eigenvalue weighted by Gasteiger charge is -2.25. The lowest BCUT2D eigenvalue weighted by atomic mass is 10.1. The maximum Gasteiger partial charge on any atom is 0.263 e. The number of hydrogen-bond donors (Lipinski definition) is 0. The Labute approximate surface area is 158 Å². The average molecular weight is 375 g/mol. The number of aromatic nitrogens is 1. The zero-order valence-corrected chi connectivity index (χ0v) is 16.4. The van der Waals surface area contributed by atoms with Crippen molar-refractivity contribution in [3.63, 3.8) is 0 Å². The molecular formula is C20H26N2O3S. The smallest absolute Gasteiger partial charge is 0.263 e. The van der Waals surface area contributed by atoms with E-state index >= 15 is 0 Å². The molecule has 1 aliphatic heterocycles. The molecule has 0 aliphatic carbocycles. The molecule has 0 saturated carbocycles. The first-order valence-electron chi connectivity index (χ1n) is 9.09. The molecule has 0 spiro atoms. The van der Waals surface area contributed by atoms with Crippen molar-refractivity contribution >= 4 is 17.2 Å². The van der Waals surface area contributed by atoms with E-state index in [0.29, 0.717) is 13.1 Å². The number of nitrogens with zero attached hydrogens (tertiary/aromatic N) is 2. The molecule has 2 aromatic rings. The number of hydrogen-bond acceptors (Lipinski definition) is 4. The summed E-state index contributed by atoms with van der Waals surface area (Å²) in [4.78, 5) is 27.7. The molecule has 6 heteroatoms. The molecule has 3 heterocycles. The summed E-state index contributed by atoms with van der Waals surface area (Å²) < 4.78 is 7.31. The van der Waals surface area contributed by atoms with Gasteiger partial charge in [0.25, 0.3) is 11.5 Å². The molecular weight excluding hydrogens is 348 g/mol. The first-order chi connectivity index (χ1) is 12.5. The number of rotatable bonds is 6. The highest BCUT2D eigenvalue weighted by Gasteiger charge is 2.26. The summed E-state index contributed by atoms with van der Waals surface area (Å²) in [5.41, 5.74) is 2.00. The van der Waals surface area contributed by atoms with Crippen LogP contribution in [-0.2, 0) is 18.3 Å². The second kappa shape index (κ2) is 8.18. The van der Waals surface area contributed by atoms with E-state index in [-0.39, 0.29) is 29.1 Å². The van der Waals surface area contributed by atoms with Crippen LogP contribution in [0, 0.1) is 0 Å². The van der Waals surface area contributed by atoms with Crippen LogP contribution in [-0.4, -0.2) is 34.6 Å². The third-order valence-corrected chi connectivity index (χ3v) is 5.59. The van der Waals surface area contributed by atoms with E-state index in [4.69, 9.17) is 4.74 Å². The largest absolute Gasteiger partial charge is 0.376 e. The fourth-order valence-corrected chi connectivity index (χ4v) is 4.08. The minimum absolute atomic E-state index is 0.0522. The van der Waals surface area contributed by atoms with Gasteiger partial charge in [-0.05, 0) is 53.3 Å². The van der Waals surface area contributed by atoms with Crippen LogP contribution >= 0.6 is 11.3 Å². The van der Waals surface area contributed by atoms with Gasteiger partial charge in [0.15, 0.2) is 0 Å². The topological polar surface area (TPSA) is 51.5 Å². The van der Waals surface area contributed by atoms with Crippen molar-refractivity contribution in [3.8, 4) is 0 Å². The van der Waals surface area contributed by atoms with Gasteiger partial charge in [0, 0.05) is 32.4 Å². The van der Waals surface area contributed by atoms with Crippen LogP contribution in [0.15, 0.2) is 33.8 Å². The lowest BCUT2D eigenvalue weighted by molar-refractivity contribution is 0.0505. The molecule has 1 atom stereocenters. The van der Waals surface area contributed by atoms with Gasteiger partial charge < -0.3 is 14.2 Å². The number of thiophene rings is 1. The molecule has 1 aliphatic rings. The molecule has 26 heavy (non-hydrogen) atoms. The average Bonchev–Trinajstić information content (AvgIpc) is 3.29. The molecule has 0 N–H and O–H groups in total. The van der Waals surface area contributed by atoms with Gasteiger partial charge in [0.05, 0.1) is 6.10 Å². The Morgan fingerprint density at radius 1 is 1.38 bits per heavy atom. The van der Waals surface area contributed by atoms with Crippen LogP contribution < -0.4 is 5.56 Å². The molecule has 1 saturated heterocycles. The molecule has 0 unspecified atom stereocenters. The van der Waals surface area contributed by atoms with Crippen LogP contribution in [0.25, 0.3) is 0 Å². The van der Waals surface area contributed by atoms with Gasteiger partial charge >= 0.3 is 0 Å². The monoisotopic (exact) mass is 374 g/mol. The summed E-state index contributed by atoms with van der Waals surface area (Å²) >= 11 is 1.61. The Bertz CT molecular complexity index is 805. The number of carbonyl (C=O) groups excluding carboxylic acids is 1. The lowest BCUT2D eigenvalue weighted by Crippen LogP contribution is -2.40. The minimum atomic E-state index is -0.233. The quantitative estimate of drug-likeness (QED) is 0.779. The third kappa shape index (κ3) is 4.07. The second-order valence-corrected chi connectivity index (χ2v) is 7.92. The number of ether oxygens (including phenoxy) is 1. The second-order valence-electron chi connectivity index (χ2n) is 7.14. The van der Waals surface area contributed by atoms with Gasteiger partial charge in [0.1, 0.15) is 5.56 Å². The van der Waals surface area contributed by atoms with Gasteiger partial charge in [-0.1, -0.05) is 13.8 Å². The molecule has 0 aromatic carbocycles. The van der Waals surface area contributed by atoms with Crippen molar-refractivity contribution in [1.82, 2.24) is 9.47 Å². The van der Waals surface area contributed by atoms with Crippen molar-refractivity contribution in [2.75, 3.05) is 13.2 Å². The van der Waals surface area contributed by atoms with E-state index in [1.54, 1.807) is 33.9 Å². The van der Waals surface area contributed by atoms with E-state index in [1.165, 1.54) is 0 Å². The summed E-state index contributed by atoms with van der Waals surface area (Å²) in [6.07, 6.45) is 2.03. The zero-order valence-electron chi connectivity index (χ0n) is 15.6. The highest BCUT2D eigenvalue weighted by atomic mass is 32.1. The van der Waals surface area contributed by atoms with Crippen molar-refractivity contribution in [2.24, 2.45) is 7.05 Å². The summed E-state index contributed by atoms with van der Waals surface area (Å²) in [7, 11) is 1.73. The molecule has 2 aromatic heterocycles. The van der Waals surface area contributed by atoms with Crippen molar-refractivity contribution in [3.05, 3.63) is 56.1 Å². The van der Waals surface area contributed by atoms with E-state index in [1.807, 2.05) is 36.7 Å². The molecule has 140 valence electrons. The Balaban J connectivity index is 1.88. The van der Waals surface area contributed by atoms with Crippen molar-refractivity contribution in [2.45, 2.75) is 45.3 Å². The highest BCUT2D eigenvalue weighted by Crippen LogP contribution is 2.18. The van der Waals surface area contributed by atoms with Crippen LogP contribution in [0.4, 0.5) is 0 Å². The third-order valence-electron chi connectivity index (χ3n) is 4.85. The van der Waals surface area contributed by atoms with E-state index < -0.39 is 0 Å². The Kier molecular flexibility index (Phi) is 5.94. The standard InChI is InChI=1S/C20H26N2O3S/c1-14(2)18-7-6-17(19(23)21(18)3)20(24)22(11-15-8-10-26-13-15)12-16-5-4-9-25-16/h6-8,10,13-14,16H,4-5,9,11-12H2,1-3H3/t16-/m0/s1. The molecule has 3 rings (SSSR count). The molecule has 5 nitrogen and oxygen atoms in total. The molecule has 0 bridgehead atoms. The summed E-state index contributed by atoms with van der Waals surface area (Å²) in [6, 6.07) is 5.57. The van der Waals surface area contributed by atoms with Gasteiger partial charge in [-0.25, -0.2) is 0 Å². The maximum absolute atomic E-state index is 13.2. The zero-order chi connectivity index (χ0) is 18.7. The van der Waals surface area contributed by atoms with Gasteiger partial charge in [-0.2, -0.15) is 11.3 Å². The fraction of sp³-hybridized carbons (Fsp3) is 0.500. The molecule has 1 amide bonds. The maximum atomic E-state index is 13.2. The Morgan fingerprint density at radius 3 is 2.81 bits per heavy atom. The number of amides is 1. The predicted molar refractivity (Wildman–Crippen MR) is 104 cm³/mol. The normalized spacial score (nSPS) is 17.0. The van der Waals surface area contributed by atoms with Crippen LogP contribution in [0.3, 0.4) is 0 Å². The first-order valence-corrected chi connectivity index (χ1v) is 10.0. The highest BCUT2D eigenvalue weighted by molar-refractivity contribution is 7.07. The van der Waals surface area contributed by atoms with E-state index in [9.17, 15) is 9.59 Å². The minimum Gasteiger partial charge on any atom is -0.376 e. The van der Waals surface area contributed by atoms with Crippen LogP contribution in [0.2, 0.25) is 0 Å². The van der Waals surface area contributed by atoms with Crippen LogP contribution in [0.1, 0.15) is 54.2 Å². The number of pyridine rings is 1. The Hall–Kier alpha value is -1.92. The molecule has 0 radical (unpaired) electrons. The first kappa shape index (κ1) is 18.9. The van der Waals surface area contributed by atoms with Gasteiger partial charge in [-0.3, -0.25) is 9.59 Å². The predicted octanol–water partition coefficient (Wildman–Crippen LogP) is 3.39. The summed E-state index contributed by atoms with van der Waals surface area (Å²) in [5.74, 6) is 0.00764. The fourth-order valence-electron chi connectivity index (χ4n) is 3.42. The SMILES string of the molecule is CC(C)c1ccc(C(=O)N(Cc2ccsc2)C[C@@H]2CCCO2)c(=O)n1C. The summed E-state index contributed by atoms with van der Waals surface area (Å²) in [5, 5.41) is 4.04.